The van der Waals surface area contributed by atoms with Crippen LogP contribution in [0.15, 0.2) is 46.9 Å². The van der Waals surface area contributed by atoms with Crippen LogP contribution in [-0.4, -0.2) is 41.0 Å². The molecule has 1 aliphatic rings. The molecule has 1 N–H and O–H groups in total. The van der Waals surface area contributed by atoms with Crippen LogP contribution in [0.2, 0.25) is 0 Å². The second-order valence-corrected chi connectivity index (χ2v) is 7.62. The van der Waals surface area contributed by atoms with E-state index in [1.165, 1.54) is 0 Å². The maximum Gasteiger partial charge on any atom is 0.289 e. The number of rotatable bonds is 3. The Balaban J connectivity index is 1.33. The fourth-order valence-corrected chi connectivity index (χ4v) is 4.20. The Labute approximate surface area is 168 Å². The van der Waals surface area contributed by atoms with Crippen LogP contribution in [0.3, 0.4) is 0 Å². The second-order valence-electron chi connectivity index (χ2n) is 7.62. The number of methoxy groups -OCH3 is 1. The number of para-hydroxylation sites is 2. The Morgan fingerprint density at radius 3 is 2.76 bits per heavy atom. The molecule has 1 saturated heterocycles. The van der Waals surface area contributed by atoms with Crippen LogP contribution in [0.25, 0.3) is 22.0 Å². The molecule has 148 valence electrons. The molecule has 1 aliphatic heterocycles. The zero-order chi connectivity index (χ0) is 20.0. The van der Waals surface area contributed by atoms with Crippen molar-refractivity contribution >= 4 is 27.9 Å². The number of carbonyl (C=O) groups excluding carboxylic acids is 1. The molecule has 0 radical (unpaired) electrons. The lowest BCUT2D eigenvalue weighted by atomic mass is 9.96. The highest BCUT2D eigenvalue weighted by Crippen LogP contribution is 2.32. The lowest BCUT2D eigenvalue weighted by molar-refractivity contribution is 0.0680. The minimum Gasteiger partial charge on any atom is -0.497 e. The first-order valence-corrected chi connectivity index (χ1v) is 9.95. The smallest absolute Gasteiger partial charge is 0.289 e. The highest BCUT2D eigenvalue weighted by Gasteiger charge is 2.29. The van der Waals surface area contributed by atoms with Crippen LogP contribution in [0.5, 0.6) is 5.75 Å². The number of aromatic amines is 1. The maximum atomic E-state index is 13.1. The summed E-state index contributed by atoms with van der Waals surface area (Å²) in [6, 6.07) is 13.7. The van der Waals surface area contributed by atoms with E-state index in [9.17, 15) is 4.79 Å². The largest absolute Gasteiger partial charge is 0.497 e. The summed E-state index contributed by atoms with van der Waals surface area (Å²) in [4.78, 5) is 23.2. The Hall–Kier alpha value is -3.28. The van der Waals surface area contributed by atoms with E-state index in [0.29, 0.717) is 30.4 Å². The number of H-pyrrole nitrogens is 1. The molecule has 1 amide bonds. The first-order chi connectivity index (χ1) is 14.1. The van der Waals surface area contributed by atoms with Crippen LogP contribution >= 0.6 is 0 Å². The highest BCUT2D eigenvalue weighted by molar-refractivity contribution is 5.99. The summed E-state index contributed by atoms with van der Waals surface area (Å²) in [5.41, 5.74) is 3.63. The number of hydrogen-bond acceptors (Lipinski definition) is 4. The van der Waals surface area contributed by atoms with Gasteiger partial charge >= 0.3 is 0 Å². The number of furan rings is 1. The van der Waals surface area contributed by atoms with Gasteiger partial charge in [0.15, 0.2) is 5.76 Å². The lowest BCUT2D eigenvalue weighted by Gasteiger charge is -2.30. The molecule has 5 rings (SSSR count). The van der Waals surface area contributed by atoms with Crippen molar-refractivity contribution in [1.82, 2.24) is 14.9 Å². The van der Waals surface area contributed by atoms with E-state index in [-0.39, 0.29) is 5.91 Å². The summed E-state index contributed by atoms with van der Waals surface area (Å²) >= 11 is 0. The Bertz CT molecular complexity index is 1170. The Morgan fingerprint density at radius 1 is 1.21 bits per heavy atom. The van der Waals surface area contributed by atoms with Gasteiger partial charge in [-0.2, -0.15) is 0 Å². The van der Waals surface area contributed by atoms with Crippen LogP contribution < -0.4 is 4.74 Å². The molecule has 2 aromatic carbocycles. The summed E-state index contributed by atoms with van der Waals surface area (Å²) in [5.74, 6) is 2.50. The van der Waals surface area contributed by atoms with Crippen molar-refractivity contribution in [2.24, 2.45) is 0 Å². The molecule has 1 fully saturated rings. The van der Waals surface area contributed by atoms with E-state index in [2.05, 4.69) is 4.98 Å². The van der Waals surface area contributed by atoms with E-state index in [4.69, 9.17) is 14.1 Å². The number of nitrogens with zero attached hydrogens (tertiary/aromatic N) is 2. The summed E-state index contributed by atoms with van der Waals surface area (Å²) in [6.07, 6.45) is 1.78. The fourth-order valence-electron chi connectivity index (χ4n) is 4.20. The van der Waals surface area contributed by atoms with Gasteiger partial charge in [0.2, 0.25) is 0 Å². The van der Waals surface area contributed by atoms with E-state index >= 15 is 0 Å². The molecule has 6 heteroatoms. The molecular formula is C23H23N3O3. The van der Waals surface area contributed by atoms with Gasteiger partial charge in [0.1, 0.15) is 17.2 Å². The molecule has 0 aliphatic carbocycles. The van der Waals surface area contributed by atoms with Gasteiger partial charge in [-0.25, -0.2) is 4.98 Å². The summed E-state index contributed by atoms with van der Waals surface area (Å²) in [7, 11) is 1.63. The SMILES string of the molecule is COc1ccc2oc(C(=O)N3CCC(c4nc5ccccc5[nH]4)CC3)c(C)c2c1. The highest BCUT2D eigenvalue weighted by atomic mass is 16.5. The number of aromatic nitrogens is 2. The average molecular weight is 389 g/mol. The summed E-state index contributed by atoms with van der Waals surface area (Å²) < 4.78 is 11.2. The first-order valence-electron chi connectivity index (χ1n) is 9.95. The number of benzene rings is 2. The third-order valence-electron chi connectivity index (χ3n) is 5.91. The summed E-state index contributed by atoms with van der Waals surface area (Å²) in [6.45, 7) is 3.32. The average Bonchev–Trinajstić information content (AvgIpc) is 3.34. The molecule has 0 unspecified atom stereocenters. The number of imidazole rings is 1. The number of piperidine rings is 1. The number of carbonyl (C=O) groups is 1. The minimum atomic E-state index is -0.0410. The van der Waals surface area contributed by atoms with E-state index < -0.39 is 0 Å². The zero-order valence-electron chi connectivity index (χ0n) is 16.6. The molecule has 0 atom stereocenters. The first kappa shape index (κ1) is 17.8. The van der Waals surface area contributed by atoms with Crippen molar-refractivity contribution in [2.45, 2.75) is 25.7 Å². The van der Waals surface area contributed by atoms with Crippen molar-refractivity contribution in [1.29, 1.82) is 0 Å². The van der Waals surface area contributed by atoms with Crippen LogP contribution in [0, 0.1) is 6.92 Å². The van der Waals surface area contributed by atoms with Gasteiger partial charge in [0.05, 0.1) is 18.1 Å². The quantitative estimate of drug-likeness (QED) is 0.554. The van der Waals surface area contributed by atoms with Crippen molar-refractivity contribution < 1.29 is 13.9 Å². The minimum absolute atomic E-state index is 0.0410. The molecule has 0 saturated carbocycles. The number of hydrogen-bond donors (Lipinski definition) is 1. The monoisotopic (exact) mass is 389 g/mol. The van der Waals surface area contributed by atoms with Crippen LogP contribution in [-0.2, 0) is 0 Å². The zero-order valence-corrected chi connectivity index (χ0v) is 16.6. The Kier molecular flexibility index (Phi) is 4.27. The number of likely N-dealkylation sites (tertiary alicyclic amines) is 1. The predicted molar refractivity (Wildman–Crippen MR) is 111 cm³/mol. The Morgan fingerprint density at radius 2 is 2.00 bits per heavy atom. The van der Waals surface area contributed by atoms with Gasteiger partial charge in [0.25, 0.3) is 5.91 Å². The van der Waals surface area contributed by atoms with Gasteiger partial charge < -0.3 is 19.0 Å². The van der Waals surface area contributed by atoms with Gasteiger partial charge in [0, 0.05) is 30.0 Å². The third kappa shape index (κ3) is 3.05. The normalized spacial score (nSPS) is 15.3. The standard InChI is InChI=1S/C23H23N3O3/c1-14-17-13-16(28-2)7-8-20(17)29-21(14)23(27)26-11-9-15(10-12-26)22-24-18-5-3-4-6-19(18)25-22/h3-8,13,15H,9-12H2,1-2H3,(H,24,25). The van der Waals surface area contributed by atoms with Crippen molar-refractivity contribution in [3.05, 3.63) is 59.6 Å². The van der Waals surface area contributed by atoms with Gasteiger partial charge in [-0.05, 0) is 50.1 Å². The van der Waals surface area contributed by atoms with Crippen LogP contribution in [0.4, 0.5) is 0 Å². The molecule has 4 aromatic rings. The number of amides is 1. The van der Waals surface area contributed by atoms with Crippen molar-refractivity contribution in [3.63, 3.8) is 0 Å². The maximum absolute atomic E-state index is 13.1. The van der Waals surface area contributed by atoms with E-state index in [1.54, 1.807) is 7.11 Å². The lowest BCUT2D eigenvalue weighted by Crippen LogP contribution is -2.38. The topological polar surface area (TPSA) is 71.4 Å². The van der Waals surface area contributed by atoms with Gasteiger partial charge in [-0.3, -0.25) is 4.79 Å². The molecule has 29 heavy (non-hydrogen) atoms. The molecular weight excluding hydrogens is 366 g/mol. The van der Waals surface area contributed by atoms with Crippen LogP contribution in [0.1, 0.15) is 40.7 Å². The fraction of sp³-hybridized carbons (Fsp3) is 0.304. The van der Waals surface area contributed by atoms with Gasteiger partial charge in [-0.15, -0.1) is 0 Å². The molecule has 0 spiro atoms. The second kappa shape index (κ2) is 6.95. The van der Waals surface area contributed by atoms with Gasteiger partial charge in [-0.1, -0.05) is 12.1 Å². The van der Waals surface area contributed by atoms with Crippen molar-refractivity contribution in [3.8, 4) is 5.75 Å². The number of fused-ring (bicyclic) bond motifs is 2. The number of nitrogens with one attached hydrogen (secondary N) is 1. The molecule has 2 aromatic heterocycles. The summed E-state index contributed by atoms with van der Waals surface area (Å²) in [5, 5.41) is 0.921. The third-order valence-corrected chi connectivity index (χ3v) is 5.91. The molecule has 3 heterocycles. The number of ether oxygens (including phenoxy) is 1. The molecule has 6 nitrogen and oxygen atoms in total. The van der Waals surface area contributed by atoms with E-state index in [1.807, 2.05) is 54.3 Å². The predicted octanol–water partition coefficient (Wildman–Crippen LogP) is 4.65. The number of aryl methyl sites for hydroxylation is 1. The van der Waals surface area contributed by atoms with Crippen molar-refractivity contribution in [2.75, 3.05) is 20.2 Å². The van der Waals surface area contributed by atoms with E-state index in [0.717, 1.165) is 46.4 Å². The molecule has 0 bridgehead atoms.